The Hall–Kier alpha value is -2.92. The molecule has 0 saturated heterocycles. The molecular formula is C24H29N3O2. The van der Waals surface area contributed by atoms with Gasteiger partial charge in [0.1, 0.15) is 5.76 Å². The van der Waals surface area contributed by atoms with Crippen molar-refractivity contribution in [3.05, 3.63) is 89.1 Å². The third kappa shape index (κ3) is 6.03. The molecule has 2 heterocycles. The van der Waals surface area contributed by atoms with Gasteiger partial charge in [-0.1, -0.05) is 35.9 Å². The number of carbonyl (C=O) groups excluding carboxylic acids is 1. The van der Waals surface area contributed by atoms with Crippen molar-refractivity contribution in [2.45, 2.75) is 52.9 Å². The molecule has 152 valence electrons. The first kappa shape index (κ1) is 20.8. The molecular weight excluding hydrogens is 362 g/mol. The molecule has 0 spiro atoms. The Morgan fingerprint density at radius 1 is 1.03 bits per heavy atom. The van der Waals surface area contributed by atoms with Crippen LogP contribution in [-0.4, -0.2) is 21.3 Å². The van der Waals surface area contributed by atoms with Gasteiger partial charge in [0.15, 0.2) is 5.76 Å². The van der Waals surface area contributed by atoms with Crippen LogP contribution in [0.15, 0.2) is 65.3 Å². The third-order valence-electron chi connectivity index (χ3n) is 4.85. The maximum absolute atomic E-state index is 12.4. The molecule has 0 aliphatic rings. The standard InChI is InChI=1S/C24H29N3O2/c1-18-7-9-19(10-8-18)16-27(24(2,3)4)17-21-11-12-22(29-21)23(28)26-15-20-6-5-13-25-14-20/h5-14H,15-17H2,1-4H3,(H,26,28). The van der Waals surface area contributed by atoms with Crippen molar-refractivity contribution in [3.63, 3.8) is 0 Å². The van der Waals surface area contributed by atoms with Crippen LogP contribution in [0.5, 0.6) is 0 Å². The van der Waals surface area contributed by atoms with E-state index in [4.69, 9.17) is 4.42 Å². The molecule has 0 unspecified atom stereocenters. The van der Waals surface area contributed by atoms with Gasteiger partial charge in [-0.25, -0.2) is 0 Å². The normalized spacial score (nSPS) is 11.6. The van der Waals surface area contributed by atoms with Gasteiger partial charge in [0, 0.05) is 31.0 Å². The second-order valence-corrected chi connectivity index (χ2v) is 8.32. The molecule has 0 bridgehead atoms. The van der Waals surface area contributed by atoms with Crippen molar-refractivity contribution in [2.75, 3.05) is 0 Å². The average molecular weight is 392 g/mol. The minimum absolute atomic E-state index is 0.0413. The van der Waals surface area contributed by atoms with Crippen LogP contribution in [0.4, 0.5) is 0 Å². The summed E-state index contributed by atoms with van der Waals surface area (Å²) in [6.07, 6.45) is 3.45. The van der Waals surface area contributed by atoms with Gasteiger partial charge in [-0.05, 0) is 57.0 Å². The number of pyridine rings is 1. The minimum Gasteiger partial charge on any atom is -0.455 e. The van der Waals surface area contributed by atoms with Crippen LogP contribution in [0.1, 0.15) is 53.8 Å². The van der Waals surface area contributed by atoms with E-state index < -0.39 is 0 Å². The predicted molar refractivity (Wildman–Crippen MR) is 114 cm³/mol. The average Bonchev–Trinajstić information content (AvgIpc) is 3.16. The number of amides is 1. The quantitative estimate of drug-likeness (QED) is 0.633. The Kier molecular flexibility index (Phi) is 6.49. The van der Waals surface area contributed by atoms with Crippen molar-refractivity contribution < 1.29 is 9.21 Å². The van der Waals surface area contributed by atoms with E-state index in [0.717, 1.165) is 17.9 Å². The number of nitrogens with zero attached hydrogens (tertiary/aromatic N) is 2. The van der Waals surface area contributed by atoms with Crippen LogP contribution < -0.4 is 5.32 Å². The van der Waals surface area contributed by atoms with Crippen molar-refractivity contribution in [2.24, 2.45) is 0 Å². The largest absolute Gasteiger partial charge is 0.455 e. The zero-order valence-electron chi connectivity index (χ0n) is 17.6. The summed E-state index contributed by atoms with van der Waals surface area (Å²) in [7, 11) is 0. The fraction of sp³-hybridized carbons (Fsp3) is 0.333. The molecule has 3 aromatic rings. The van der Waals surface area contributed by atoms with Crippen LogP contribution in [-0.2, 0) is 19.6 Å². The Morgan fingerprint density at radius 2 is 1.79 bits per heavy atom. The number of nitrogens with one attached hydrogen (secondary N) is 1. The van der Waals surface area contributed by atoms with Crippen molar-refractivity contribution in [1.82, 2.24) is 15.2 Å². The van der Waals surface area contributed by atoms with Crippen molar-refractivity contribution in [1.29, 1.82) is 0 Å². The third-order valence-corrected chi connectivity index (χ3v) is 4.85. The van der Waals surface area contributed by atoms with E-state index in [1.54, 1.807) is 18.5 Å². The van der Waals surface area contributed by atoms with E-state index in [1.807, 2.05) is 18.2 Å². The van der Waals surface area contributed by atoms with Crippen molar-refractivity contribution >= 4 is 5.91 Å². The monoisotopic (exact) mass is 391 g/mol. The zero-order valence-corrected chi connectivity index (χ0v) is 17.6. The number of hydrogen-bond donors (Lipinski definition) is 1. The molecule has 0 aliphatic heterocycles. The molecule has 5 nitrogen and oxygen atoms in total. The molecule has 1 aromatic carbocycles. The van der Waals surface area contributed by atoms with Gasteiger partial charge in [0.25, 0.3) is 5.91 Å². The van der Waals surface area contributed by atoms with E-state index >= 15 is 0 Å². The molecule has 29 heavy (non-hydrogen) atoms. The summed E-state index contributed by atoms with van der Waals surface area (Å²) in [5.74, 6) is 0.882. The van der Waals surface area contributed by atoms with E-state index in [2.05, 4.69) is 67.2 Å². The summed E-state index contributed by atoms with van der Waals surface area (Å²) >= 11 is 0. The number of benzene rings is 1. The summed E-state index contributed by atoms with van der Waals surface area (Å²) < 4.78 is 5.85. The van der Waals surface area contributed by atoms with Crippen LogP contribution in [0.25, 0.3) is 0 Å². The summed E-state index contributed by atoms with van der Waals surface area (Å²) in [5, 5.41) is 2.87. The smallest absolute Gasteiger partial charge is 0.287 e. The van der Waals surface area contributed by atoms with Gasteiger partial charge in [0.2, 0.25) is 0 Å². The molecule has 2 aromatic heterocycles. The van der Waals surface area contributed by atoms with E-state index in [0.29, 0.717) is 18.8 Å². The van der Waals surface area contributed by atoms with Gasteiger partial charge in [0.05, 0.1) is 6.54 Å². The van der Waals surface area contributed by atoms with Gasteiger partial charge < -0.3 is 9.73 Å². The first-order chi connectivity index (χ1) is 13.8. The number of carbonyl (C=O) groups is 1. The second kappa shape index (κ2) is 9.05. The zero-order chi connectivity index (χ0) is 20.9. The van der Waals surface area contributed by atoms with Gasteiger partial charge in [-0.2, -0.15) is 0 Å². The Bertz CT molecular complexity index is 925. The van der Waals surface area contributed by atoms with E-state index in [1.165, 1.54) is 11.1 Å². The molecule has 0 saturated carbocycles. The van der Waals surface area contributed by atoms with Gasteiger partial charge in [-0.15, -0.1) is 0 Å². The van der Waals surface area contributed by atoms with Crippen LogP contribution in [0.3, 0.4) is 0 Å². The van der Waals surface area contributed by atoms with Gasteiger partial charge >= 0.3 is 0 Å². The van der Waals surface area contributed by atoms with E-state index in [9.17, 15) is 4.79 Å². The molecule has 3 rings (SSSR count). The van der Waals surface area contributed by atoms with Gasteiger partial charge in [-0.3, -0.25) is 14.7 Å². The number of aromatic nitrogens is 1. The summed E-state index contributed by atoms with van der Waals surface area (Å²) in [6, 6.07) is 16.0. The molecule has 0 radical (unpaired) electrons. The number of furan rings is 1. The highest BCUT2D eigenvalue weighted by atomic mass is 16.4. The molecule has 0 fully saturated rings. The topological polar surface area (TPSA) is 58.4 Å². The summed E-state index contributed by atoms with van der Waals surface area (Å²) in [5.41, 5.74) is 3.42. The van der Waals surface area contributed by atoms with Crippen LogP contribution in [0.2, 0.25) is 0 Å². The number of aryl methyl sites for hydroxylation is 1. The highest BCUT2D eigenvalue weighted by Crippen LogP contribution is 2.22. The highest BCUT2D eigenvalue weighted by molar-refractivity contribution is 5.91. The van der Waals surface area contributed by atoms with E-state index in [-0.39, 0.29) is 11.4 Å². The Balaban J connectivity index is 1.64. The lowest BCUT2D eigenvalue weighted by Gasteiger charge is -2.35. The number of rotatable bonds is 7. The summed E-state index contributed by atoms with van der Waals surface area (Å²) in [4.78, 5) is 18.8. The maximum Gasteiger partial charge on any atom is 0.287 e. The highest BCUT2D eigenvalue weighted by Gasteiger charge is 2.23. The summed E-state index contributed by atoms with van der Waals surface area (Å²) in [6.45, 7) is 10.5. The minimum atomic E-state index is -0.221. The maximum atomic E-state index is 12.4. The predicted octanol–water partition coefficient (Wildman–Crippen LogP) is 4.71. The SMILES string of the molecule is Cc1ccc(CN(Cc2ccc(C(=O)NCc3cccnc3)o2)C(C)(C)C)cc1. The fourth-order valence-corrected chi connectivity index (χ4v) is 2.99. The van der Waals surface area contributed by atoms with Crippen LogP contribution in [0, 0.1) is 6.92 Å². The molecule has 0 atom stereocenters. The lowest BCUT2D eigenvalue weighted by atomic mass is 10.0. The lowest BCUT2D eigenvalue weighted by molar-refractivity contribution is 0.0903. The molecule has 1 amide bonds. The fourth-order valence-electron chi connectivity index (χ4n) is 2.99. The Labute approximate surface area is 172 Å². The second-order valence-electron chi connectivity index (χ2n) is 8.32. The Morgan fingerprint density at radius 3 is 2.45 bits per heavy atom. The molecule has 5 heteroatoms. The lowest BCUT2D eigenvalue weighted by Crippen LogP contribution is -2.40. The molecule has 0 aliphatic carbocycles. The number of hydrogen-bond acceptors (Lipinski definition) is 4. The van der Waals surface area contributed by atoms with Crippen LogP contribution >= 0.6 is 0 Å². The molecule has 1 N–H and O–H groups in total. The first-order valence-corrected chi connectivity index (χ1v) is 9.88. The van der Waals surface area contributed by atoms with Crippen molar-refractivity contribution in [3.8, 4) is 0 Å². The first-order valence-electron chi connectivity index (χ1n) is 9.88.